The van der Waals surface area contributed by atoms with Gasteiger partial charge in [-0.05, 0) is 140 Å². The summed E-state index contributed by atoms with van der Waals surface area (Å²) in [5, 5.41) is 0. The molecule has 1 nitrogen and oxygen atoms in total. The molecule has 0 radical (unpaired) electrons. The Kier molecular flexibility index (Phi) is 7.47. The van der Waals surface area contributed by atoms with Gasteiger partial charge in [-0.2, -0.15) is 0 Å². The van der Waals surface area contributed by atoms with Crippen LogP contribution in [-0.4, -0.2) is 0 Å². The molecule has 0 saturated heterocycles. The van der Waals surface area contributed by atoms with E-state index < -0.39 is 0 Å². The van der Waals surface area contributed by atoms with Gasteiger partial charge in [-0.15, -0.1) is 0 Å². The first kappa shape index (κ1) is 34.0. The van der Waals surface area contributed by atoms with Crippen molar-refractivity contribution in [2.24, 2.45) is 0 Å². The third-order valence-corrected chi connectivity index (χ3v) is 13.5. The zero-order valence-corrected chi connectivity index (χ0v) is 33.0. The van der Waals surface area contributed by atoms with Crippen LogP contribution in [0.5, 0.6) is 0 Å². The number of aryl methyl sites for hydroxylation is 1. The van der Waals surface area contributed by atoms with Crippen molar-refractivity contribution in [1.82, 2.24) is 0 Å². The smallest absolute Gasteiger partial charge is 0.0543 e. The number of hydrogen-bond acceptors (Lipinski definition) is 1. The molecule has 0 fully saturated rings. The van der Waals surface area contributed by atoms with Crippen molar-refractivity contribution < 1.29 is 0 Å². The first-order chi connectivity index (χ1) is 23.9. The second-order valence-corrected chi connectivity index (χ2v) is 19.2. The molecule has 5 aromatic carbocycles. The lowest BCUT2D eigenvalue weighted by Crippen LogP contribution is -2.34. The van der Waals surface area contributed by atoms with Crippen molar-refractivity contribution >= 4 is 17.1 Å². The molecule has 0 amide bonds. The molecular weight excluding hydrogens is 615 g/mol. The zero-order valence-electron chi connectivity index (χ0n) is 33.0. The molecule has 0 saturated carbocycles. The van der Waals surface area contributed by atoms with Gasteiger partial charge in [0.25, 0.3) is 0 Å². The van der Waals surface area contributed by atoms with Crippen LogP contribution in [0.3, 0.4) is 0 Å². The number of anilines is 3. The largest absolute Gasteiger partial charge is 0.310 e. The number of nitrogens with zero attached hydrogens (tertiary/aromatic N) is 1. The minimum absolute atomic E-state index is 0.108. The van der Waals surface area contributed by atoms with Gasteiger partial charge in [0, 0.05) is 22.4 Å². The first-order valence-electron chi connectivity index (χ1n) is 19.4. The van der Waals surface area contributed by atoms with E-state index in [0.717, 1.165) is 0 Å². The predicted molar refractivity (Wildman–Crippen MR) is 219 cm³/mol. The van der Waals surface area contributed by atoms with E-state index in [1.807, 2.05) is 0 Å². The monoisotopic (exact) mass is 671 g/mol. The number of rotatable bonds is 4. The standard InChI is InChI=1S/C50H57N/c1-32-27-41-43(49(8,9)26-25-47(41,4)5)31-44(32)51(34-17-13-12-14-18-34)45-30-40-37(35-19-15-16-20-38(35)50(40,10)11)29-36(45)33-21-22-39-42(28-33)48(6,7)24-23-46(39,2)3/h12-22,27-31H,23-26H2,1-11H3. The maximum Gasteiger partial charge on any atom is 0.0543 e. The van der Waals surface area contributed by atoms with E-state index in [9.17, 15) is 0 Å². The third kappa shape index (κ3) is 5.24. The van der Waals surface area contributed by atoms with E-state index in [1.54, 1.807) is 0 Å². The van der Waals surface area contributed by atoms with Crippen molar-refractivity contribution in [2.45, 2.75) is 129 Å². The van der Waals surface area contributed by atoms with Gasteiger partial charge in [-0.3, -0.25) is 0 Å². The Labute approximate surface area is 308 Å². The van der Waals surface area contributed by atoms with Crippen molar-refractivity contribution in [1.29, 1.82) is 0 Å². The minimum atomic E-state index is -0.111. The van der Waals surface area contributed by atoms with Crippen molar-refractivity contribution in [3.63, 3.8) is 0 Å². The van der Waals surface area contributed by atoms with Crippen LogP contribution in [0.2, 0.25) is 0 Å². The first-order valence-corrected chi connectivity index (χ1v) is 19.4. The summed E-state index contributed by atoms with van der Waals surface area (Å²) in [6.07, 6.45) is 4.82. The average Bonchev–Trinajstić information content (AvgIpc) is 3.31. The van der Waals surface area contributed by atoms with E-state index in [1.165, 1.54) is 104 Å². The molecule has 0 heterocycles. The molecule has 0 N–H and O–H groups in total. The Hall–Kier alpha value is -4.10. The number of hydrogen-bond donors (Lipinski definition) is 0. The van der Waals surface area contributed by atoms with Gasteiger partial charge in [-0.1, -0.05) is 136 Å². The van der Waals surface area contributed by atoms with Crippen LogP contribution in [0, 0.1) is 6.92 Å². The third-order valence-electron chi connectivity index (χ3n) is 13.5. The van der Waals surface area contributed by atoms with Crippen LogP contribution in [0.1, 0.15) is 134 Å². The maximum absolute atomic E-state index is 2.59. The van der Waals surface area contributed by atoms with Gasteiger partial charge in [-0.25, -0.2) is 0 Å². The highest BCUT2D eigenvalue weighted by molar-refractivity contribution is 5.95. The summed E-state index contributed by atoms with van der Waals surface area (Å²) in [5.41, 5.74) is 19.7. The molecule has 0 bridgehead atoms. The SMILES string of the molecule is Cc1cc2c(cc1N(c1ccccc1)c1cc3c(cc1-c1ccc4c(c1)C(C)(C)CCC4(C)C)-c1ccccc1C3(C)C)C(C)(C)CCC2(C)C. The van der Waals surface area contributed by atoms with Crippen LogP contribution in [0.25, 0.3) is 22.3 Å². The lowest BCUT2D eigenvalue weighted by molar-refractivity contribution is 0.332. The van der Waals surface area contributed by atoms with Crippen LogP contribution < -0.4 is 4.90 Å². The molecule has 0 aromatic heterocycles. The molecule has 51 heavy (non-hydrogen) atoms. The van der Waals surface area contributed by atoms with Crippen LogP contribution in [0.4, 0.5) is 17.1 Å². The van der Waals surface area contributed by atoms with Crippen molar-refractivity contribution in [3.05, 3.63) is 136 Å². The quantitative estimate of drug-likeness (QED) is 0.184. The van der Waals surface area contributed by atoms with E-state index >= 15 is 0 Å². The fourth-order valence-electron chi connectivity index (χ4n) is 9.85. The van der Waals surface area contributed by atoms with Crippen molar-refractivity contribution in [2.75, 3.05) is 4.90 Å². The Morgan fingerprint density at radius 1 is 0.412 bits per heavy atom. The Balaban J connectivity index is 1.46. The molecule has 262 valence electrons. The van der Waals surface area contributed by atoms with Gasteiger partial charge in [0.2, 0.25) is 0 Å². The highest BCUT2D eigenvalue weighted by Gasteiger charge is 2.41. The predicted octanol–water partition coefficient (Wildman–Crippen LogP) is 14.1. The lowest BCUT2D eigenvalue weighted by atomic mass is 9.62. The van der Waals surface area contributed by atoms with E-state index in [-0.39, 0.29) is 27.1 Å². The lowest BCUT2D eigenvalue weighted by Gasteiger charge is -2.43. The average molecular weight is 672 g/mol. The topological polar surface area (TPSA) is 3.24 Å². The second-order valence-electron chi connectivity index (χ2n) is 19.2. The van der Waals surface area contributed by atoms with Crippen molar-refractivity contribution in [3.8, 4) is 22.3 Å². The zero-order chi connectivity index (χ0) is 36.3. The van der Waals surface area contributed by atoms with Gasteiger partial charge < -0.3 is 4.90 Å². The maximum atomic E-state index is 2.59. The van der Waals surface area contributed by atoms with Crippen LogP contribution in [-0.2, 0) is 27.1 Å². The molecule has 3 aliphatic rings. The molecule has 8 rings (SSSR count). The van der Waals surface area contributed by atoms with Gasteiger partial charge >= 0.3 is 0 Å². The number of benzene rings is 5. The summed E-state index contributed by atoms with van der Waals surface area (Å²) in [6, 6.07) is 37.8. The highest BCUT2D eigenvalue weighted by Crippen LogP contribution is 2.56. The van der Waals surface area contributed by atoms with Crippen LogP contribution >= 0.6 is 0 Å². The highest BCUT2D eigenvalue weighted by atomic mass is 15.1. The number of para-hydroxylation sites is 1. The summed E-state index contributed by atoms with van der Waals surface area (Å²) >= 11 is 0. The molecule has 0 atom stereocenters. The second kappa shape index (κ2) is 11.2. The van der Waals surface area contributed by atoms with E-state index in [0.29, 0.717) is 0 Å². The van der Waals surface area contributed by atoms with E-state index in [2.05, 4.69) is 178 Å². The molecule has 0 unspecified atom stereocenters. The fraction of sp³-hybridized carbons (Fsp3) is 0.400. The van der Waals surface area contributed by atoms with Crippen LogP contribution in [0.15, 0.2) is 97.1 Å². The summed E-state index contributed by atoms with van der Waals surface area (Å²) in [6.45, 7) is 26.7. The number of fused-ring (bicyclic) bond motifs is 5. The van der Waals surface area contributed by atoms with Gasteiger partial charge in [0.1, 0.15) is 0 Å². The molecule has 1 heteroatoms. The van der Waals surface area contributed by atoms with Gasteiger partial charge in [0.15, 0.2) is 0 Å². The molecule has 3 aliphatic carbocycles. The Morgan fingerprint density at radius 3 is 1.59 bits per heavy atom. The minimum Gasteiger partial charge on any atom is -0.310 e. The summed E-state index contributed by atoms with van der Waals surface area (Å²) in [4.78, 5) is 2.59. The normalized spacial score (nSPS) is 19.7. The van der Waals surface area contributed by atoms with E-state index in [4.69, 9.17) is 0 Å². The summed E-state index contributed by atoms with van der Waals surface area (Å²) in [5.74, 6) is 0. The molecule has 0 aliphatic heterocycles. The summed E-state index contributed by atoms with van der Waals surface area (Å²) < 4.78 is 0. The summed E-state index contributed by atoms with van der Waals surface area (Å²) in [7, 11) is 0. The fourth-order valence-corrected chi connectivity index (χ4v) is 9.85. The molecule has 0 spiro atoms. The molecular formula is C50H57N. The van der Waals surface area contributed by atoms with Gasteiger partial charge in [0.05, 0.1) is 5.69 Å². The Morgan fingerprint density at radius 2 is 0.941 bits per heavy atom. The Bertz CT molecular complexity index is 2190. The molecule has 5 aromatic rings.